The van der Waals surface area contributed by atoms with E-state index in [9.17, 15) is 9.59 Å². The molecule has 0 spiro atoms. The van der Waals surface area contributed by atoms with Gasteiger partial charge in [0.2, 0.25) is 5.76 Å². The average Bonchev–Trinajstić information content (AvgIpc) is 2.76. The Hall–Kier alpha value is -2.70. The average molecular weight is 247 g/mol. The Labute approximate surface area is 101 Å². The summed E-state index contributed by atoms with van der Waals surface area (Å²) >= 11 is 0. The molecule has 2 aromatic rings. The third kappa shape index (κ3) is 2.19. The normalized spacial score (nSPS) is 10.1. The van der Waals surface area contributed by atoms with Gasteiger partial charge >= 0.3 is 5.97 Å². The molecule has 0 fully saturated rings. The molecule has 0 saturated carbocycles. The van der Waals surface area contributed by atoms with Crippen LogP contribution in [0.15, 0.2) is 29.3 Å². The van der Waals surface area contributed by atoms with Crippen LogP contribution in [0.25, 0.3) is 0 Å². The molecule has 0 aliphatic rings. The van der Waals surface area contributed by atoms with Crippen molar-refractivity contribution in [3.05, 3.63) is 41.9 Å². The first kappa shape index (κ1) is 11.8. The van der Waals surface area contributed by atoms with Crippen LogP contribution in [0.5, 0.6) is 0 Å². The lowest BCUT2D eigenvalue weighted by atomic mass is 10.2. The second-order valence-corrected chi connectivity index (χ2v) is 3.45. The smallest absolute Gasteiger partial charge is 0.337 e. The molecule has 0 saturated heterocycles. The highest BCUT2D eigenvalue weighted by molar-refractivity contribution is 6.06. The van der Waals surface area contributed by atoms with E-state index in [4.69, 9.17) is 9.52 Å². The van der Waals surface area contributed by atoms with E-state index in [0.29, 0.717) is 5.69 Å². The first-order valence-corrected chi connectivity index (χ1v) is 4.98. The summed E-state index contributed by atoms with van der Waals surface area (Å²) in [6, 6.07) is 1.30. The Morgan fingerprint density at radius 3 is 2.83 bits per heavy atom. The Balaban J connectivity index is 2.28. The maximum Gasteiger partial charge on any atom is 0.337 e. The lowest BCUT2D eigenvalue weighted by molar-refractivity contribution is 0.0698. The number of carbonyl (C=O) groups excluding carboxylic acids is 1. The van der Waals surface area contributed by atoms with Crippen LogP contribution in [0.2, 0.25) is 0 Å². The van der Waals surface area contributed by atoms with Crippen molar-refractivity contribution in [3.8, 4) is 0 Å². The van der Waals surface area contributed by atoms with E-state index in [1.165, 1.54) is 18.5 Å². The zero-order valence-corrected chi connectivity index (χ0v) is 9.38. The van der Waals surface area contributed by atoms with Gasteiger partial charge in [-0.05, 0) is 13.0 Å². The number of oxazole rings is 1. The van der Waals surface area contributed by atoms with E-state index in [0.717, 1.165) is 6.39 Å². The van der Waals surface area contributed by atoms with Crippen molar-refractivity contribution in [3.63, 3.8) is 0 Å². The van der Waals surface area contributed by atoms with Gasteiger partial charge in [-0.1, -0.05) is 0 Å². The van der Waals surface area contributed by atoms with E-state index >= 15 is 0 Å². The molecular weight excluding hydrogens is 238 g/mol. The van der Waals surface area contributed by atoms with E-state index in [1.807, 2.05) is 0 Å². The number of amides is 1. The number of pyridine rings is 1. The van der Waals surface area contributed by atoms with Gasteiger partial charge in [-0.15, -0.1) is 0 Å². The Morgan fingerprint density at radius 2 is 2.22 bits per heavy atom. The van der Waals surface area contributed by atoms with Crippen molar-refractivity contribution in [1.29, 1.82) is 0 Å². The van der Waals surface area contributed by atoms with Gasteiger partial charge in [0.25, 0.3) is 5.91 Å². The number of hydrogen-bond acceptors (Lipinski definition) is 5. The van der Waals surface area contributed by atoms with Gasteiger partial charge < -0.3 is 14.8 Å². The Morgan fingerprint density at radius 1 is 1.44 bits per heavy atom. The van der Waals surface area contributed by atoms with Gasteiger partial charge in [-0.3, -0.25) is 9.78 Å². The molecule has 18 heavy (non-hydrogen) atoms. The number of carboxylic acid groups (broad SMARTS) is 1. The third-order valence-corrected chi connectivity index (χ3v) is 2.25. The molecule has 92 valence electrons. The van der Waals surface area contributed by atoms with E-state index in [-0.39, 0.29) is 17.0 Å². The summed E-state index contributed by atoms with van der Waals surface area (Å²) in [5.74, 6) is -1.68. The second kappa shape index (κ2) is 4.66. The van der Waals surface area contributed by atoms with Crippen LogP contribution in [0.3, 0.4) is 0 Å². The molecule has 0 unspecified atom stereocenters. The van der Waals surface area contributed by atoms with Crippen LogP contribution >= 0.6 is 0 Å². The molecule has 0 aliphatic heterocycles. The summed E-state index contributed by atoms with van der Waals surface area (Å²) < 4.78 is 4.91. The van der Waals surface area contributed by atoms with E-state index in [2.05, 4.69) is 15.3 Å². The number of nitrogens with zero attached hydrogens (tertiary/aromatic N) is 2. The minimum Gasteiger partial charge on any atom is -0.478 e. The molecule has 0 aliphatic carbocycles. The van der Waals surface area contributed by atoms with E-state index < -0.39 is 11.9 Å². The highest BCUT2D eigenvalue weighted by Crippen LogP contribution is 2.15. The highest BCUT2D eigenvalue weighted by atomic mass is 16.4. The Kier molecular flexibility index (Phi) is 3.05. The summed E-state index contributed by atoms with van der Waals surface area (Å²) in [5.41, 5.74) is 0.481. The molecule has 2 aromatic heterocycles. The van der Waals surface area contributed by atoms with Crippen molar-refractivity contribution >= 4 is 17.6 Å². The number of anilines is 1. The van der Waals surface area contributed by atoms with Gasteiger partial charge in [0.05, 0.1) is 23.1 Å². The van der Waals surface area contributed by atoms with Gasteiger partial charge in [-0.2, -0.15) is 0 Å². The molecule has 2 rings (SSSR count). The molecular formula is C11H9N3O4. The highest BCUT2D eigenvalue weighted by Gasteiger charge is 2.17. The summed E-state index contributed by atoms with van der Waals surface area (Å²) in [7, 11) is 0. The minimum absolute atomic E-state index is 0.0372. The lowest BCUT2D eigenvalue weighted by Gasteiger charge is -2.06. The molecule has 0 atom stereocenters. The molecule has 7 nitrogen and oxygen atoms in total. The zero-order chi connectivity index (χ0) is 13.1. The quantitative estimate of drug-likeness (QED) is 0.847. The van der Waals surface area contributed by atoms with Gasteiger partial charge in [0, 0.05) is 6.20 Å². The predicted molar refractivity (Wildman–Crippen MR) is 60.4 cm³/mol. The van der Waals surface area contributed by atoms with Crippen LogP contribution in [0.1, 0.15) is 26.6 Å². The van der Waals surface area contributed by atoms with Gasteiger partial charge in [0.15, 0.2) is 6.39 Å². The number of aromatic nitrogens is 2. The van der Waals surface area contributed by atoms with Crippen LogP contribution in [0, 0.1) is 6.92 Å². The van der Waals surface area contributed by atoms with Gasteiger partial charge in [0.1, 0.15) is 0 Å². The monoisotopic (exact) mass is 247 g/mol. The first-order valence-electron chi connectivity index (χ1n) is 4.98. The summed E-state index contributed by atoms with van der Waals surface area (Å²) in [5, 5.41) is 11.4. The van der Waals surface area contributed by atoms with Crippen molar-refractivity contribution in [2.24, 2.45) is 0 Å². The van der Waals surface area contributed by atoms with Crippen molar-refractivity contribution in [2.75, 3.05) is 5.32 Å². The van der Waals surface area contributed by atoms with Crippen molar-refractivity contribution < 1.29 is 19.1 Å². The number of hydrogen-bond donors (Lipinski definition) is 2. The molecule has 7 heteroatoms. The topological polar surface area (TPSA) is 105 Å². The minimum atomic E-state index is -1.15. The number of rotatable bonds is 3. The first-order chi connectivity index (χ1) is 8.59. The summed E-state index contributed by atoms with van der Waals surface area (Å²) in [4.78, 5) is 30.3. The zero-order valence-electron chi connectivity index (χ0n) is 9.38. The van der Waals surface area contributed by atoms with Crippen LogP contribution < -0.4 is 5.32 Å². The SMILES string of the molecule is Cc1ncoc1C(=O)Nc1cnccc1C(=O)O. The molecule has 2 N–H and O–H groups in total. The fourth-order valence-electron chi connectivity index (χ4n) is 1.38. The summed E-state index contributed by atoms with van der Waals surface area (Å²) in [6.45, 7) is 1.61. The maximum atomic E-state index is 11.8. The standard InChI is InChI=1S/C11H9N3O4/c1-6-9(18-5-13-6)10(15)14-8-4-12-3-2-7(8)11(16)17/h2-5H,1H3,(H,14,15)(H,16,17). The fraction of sp³-hybridized carbons (Fsp3) is 0.0909. The third-order valence-electron chi connectivity index (χ3n) is 2.25. The molecule has 0 aromatic carbocycles. The number of aryl methyl sites for hydroxylation is 1. The number of carboxylic acids is 1. The van der Waals surface area contributed by atoms with Crippen LogP contribution in [-0.4, -0.2) is 27.0 Å². The number of carbonyl (C=O) groups is 2. The largest absolute Gasteiger partial charge is 0.478 e. The fourth-order valence-corrected chi connectivity index (χ4v) is 1.38. The number of nitrogens with one attached hydrogen (secondary N) is 1. The van der Waals surface area contributed by atoms with Crippen LogP contribution in [-0.2, 0) is 0 Å². The maximum absolute atomic E-state index is 11.8. The molecule has 2 heterocycles. The molecule has 1 amide bonds. The lowest BCUT2D eigenvalue weighted by Crippen LogP contribution is -2.15. The number of aromatic carboxylic acids is 1. The van der Waals surface area contributed by atoms with Crippen molar-refractivity contribution in [2.45, 2.75) is 6.92 Å². The van der Waals surface area contributed by atoms with E-state index in [1.54, 1.807) is 6.92 Å². The van der Waals surface area contributed by atoms with Gasteiger partial charge in [-0.25, -0.2) is 9.78 Å². The van der Waals surface area contributed by atoms with Crippen LogP contribution in [0.4, 0.5) is 5.69 Å². The molecule has 0 radical (unpaired) electrons. The molecule has 0 bridgehead atoms. The predicted octanol–water partition coefficient (Wildman–Crippen LogP) is 1.33. The summed E-state index contributed by atoms with van der Waals surface area (Å²) in [6.07, 6.45) is 3.73. The van der Waals surface area contributed by atoms with Crippen molar-refractivity contribution in [1.82, 2.24) is 9.97 Å². The Bertz CT molecular complexity index is 606. The second-order valence-electron chi connectivity index (χ2n) is 3.45.